The molecule has 0 spiro atoms. The maximum atomic E-state index is 12.0. The van der Waals surface area contributed by atoms with Gasteiger partial charge < -0.3 is 19.5 Å². The molecule has 1 aliphatic rings. The first-order chi connectivity index (χ1) is 11.1. The van der Waals surface area contributed by atoms with Crippen molar-refractivity contribution in [3.8, 4) is 5.75 Å². The number of carbonyl (C=O) groups excluding carboxylic acids is 2. The maximum Gasteiger partial charge on any atom is 0.338 e. The van der Waals surface area contributed by atoms with E-state index >= 15 is 0 Å². The number of likely N-dealkylation sites (N-methyl/N-ethyl adjacent to an activating group) is 1. The first kappa shape index (κ1) is 17.3. The molecule has 0 saturated carbocycles. The number of ether oxygens (including phenoxy) is 3. The summed E-state index contributed by atoms with van der Waals surface area (Å²) in [5.41, 5.74) is 0.380. The average molecular weight is 321 g/mol. The first-order valence-corrected chi connectivity index (χ1v) is 7.93. The fourth-order valence-corrected chi connectivity index (χ4v) is 2.25. The van der Waals surface area contributed by atoms with Crippen molar-refractivity contribution in [2.24, 2.45) is 0 Å². The van der Waals surface area contributed by atoms with Crippen LogP contribution in [0.2, 0.25) is 0 Å². The number of amides is 1. The van der Waals surface area contributed by atoms with Crippen LogP contribution in [0.5, 0.6) is 5.75 Å². The molecule has 0 radical (unpaired) electrons. The molecular weight excluding hydrogens is 298 g/mol. The van der Waals surface area contributed by atoms with Crippen molar-refractivity contribution < 1.29 is 23.8 Å². The van der Waals surface area contributed by atoms with E-state index in [1.807, 2.05) is 6.92 Å². The molecule has 6 nitrogen and oxygen atoms in total. The van der Waals surface area contributed by atoms with Crippen LogP contribution in [0.15, 0.2) is 24.3 Å². The molecule has 1 heterocycles. The fourth-order valence-electron chi connectivity index (χ4n) is 2.25. The molecule has 0 unspecified atom stereocenters. The van der Waals surface area contributed by atoms with E-state index in [0.717, 1.165) is 19.4 Å². The third-order valence-corrected chi connectivity index (χ3v) is 3.55. The molecule has 23 heavy (non-hydrogen) atoms. The smallest absolute Gasteiger partial charge is 0.338 e. The van der Waals surface area contributed by atoms with Crippen molar-refractivity contribution in [1.82, 2.24) is 5.32 Å². The van der Waals surface area contributed by atoms with Crippen LogP contribution in [-0.4, -0.2) is 43.8 Å². The van der Waals surface area contributed by atoms with Crippen molar-refractivity contribution in [3.63, 3.8) is 0 Å². The van der Waals surface area contributed by atoms with Gasteiger partial charge >= 0.3 is 5.97 Å². The van der Waals surface area contributed by atoms with Crippen molar-refractivity contribution >= 4 is 11.9 Å². The molecule has 0 bridgehead atoms. The zero-order chi connectivity index (χ0) is 16.7. The summed E-state index contributed by atoms with van der Waals surface area (Å²) in [6, 6.07) is 6.67. The lowest BCUT2D eigenvalue weighted by Gasteiger charge is -2.13. The molecule has 1 aliphatic heterocycles. The predicted molar refractivity (Wildman–Crippen MR) is 84.5 cm³/mol. The number of hydrogen-bond donors (Lipinski definition) is 1. The van der Waals surface area contributed by atoms with Crippen LogP contribution >= 0.6 is 0 Å². The van der Waals surface area contributed by atoms with Gasteiger partial charge in [-0.1, -0.05) is 0 Å². The average Bonchev–Trinajstić information content (AvgIpc) is 3.07. The quantitative estimate of drug-likeness (QED) is 0.777. The Hall–Kier alpha value is -2.08. The highest BCUT2D eigenvalue weighted by Gasteiger charge is 2.19. The SMILES string of the molecule is CCNC(=O)[C@H](C)OC(=O)c1ccc(OC[C@H]2CCCO2)cc1. The Kier molecular flexibility index (Phi) is 6.40. The number of benzene rings is 1. The summed E-state index contributed by atoms with van der Waals surface area (Å²) in [6.07, 6.45) is 1.42. The Morgan fingerprint density at radius 2 is 2.09 bits per heavy atom. The van der Waals surface area contributed by atoms with Gasteiger partial charge in [0.05, 0.1) is 11.7 Å². The van der Waals surface area contributed by atoms with Crippen LogP contribution < -0.4 is 10.1 Å². The molecular formula is C17H23NO5. The van der Waals surface area contributed by atoms with E-state index in [4.69, 9.17) is 14.2 Å². The third-order valence-electron chi connectivity index (χ3n) is 3.55. The monoisotopic (exact) mass is 321 g/mol. The Balaban J connectivity index is 1.83. The Morgan fingerprint density at radius 3 is 2.70 bits per heavy atom. The van der Waals surface area contributed by atoms with Crippen molar-refractivity contribution in [3.05, 3.63) is 29.8 Å². The summed E-state index contributed by atoms with van der Waals surface area (Å²) in [5.74, 6) is -0.166. The minimum atomic E-state index is -0.821. The summed E-state index contributed by atoms with van der Waals surface area (Å²) in [4.78, 5) is 23.5. The van der Waals surface area contributed by atoms with E-state index in [2.05, 4.69) is 5.32 Å². The lowest BCUT2D eigenvalue weighted by molar-refractivity contribution is -0.128. The van der Waals surface area contributed by atoms with Gasteiger partial charge in [-0.15, -0.1) is 0 Å². The second kappa shape index (κ2) is 8.53. The van der Waals surface area contributed by atoms with Crippen LogP contribution in [0.3, 0.4) is 0 Å². The molecule has 126 valence electrons. The van der Waals surface area contributed by atoms with Crippen molar-refractivity contribution in [2.45, 2.75) is 38.9 Å². The Morgan fingerprint density at radius 1 is 1.35 bits per heavy atom. The molecule has 1 aromatic carbocycles. The van der Waals surface area contributed by atoms with E-state index in [1.54, 1.807) is 31.2 Å². The van der Waals surface area contributed by atoms with Crippen LogP contribution in [0, 0.1) is 0 Å². The molecule has 1 N–H and O–H groups in total. The highest BCUT2D eigenvalue weighted by molar-refractivity contribution is 5.92. The van der Waals surface area contributed by atoms with E-state index in [9.17, 15) is 9.59 Å². The number of carbonyl (C=O) groups is 2. The van der Waals surface area contributed by atoms with E-state index < -0.39 is 12.1 Å². The second-order valence-electron chi connectivity index (χ2n) is 5.41. The molecule has 0 aliphatic carbocycles. The Labute approximate surface area is 136 Å². The zero-order valence-corrected chi connectivity index (χ0v) is 13.5. The summed E-state index contributed by atoms with van der Waals surface area (Å²) in [5, 5.41) is 2.61. The first-order valence-electron chi connectivity index (χ1n) is 7.93. The van der Waals surface area contributed by atoms with Gasteiger partial charge in [0.15, 0.2) is 6.10 Å². The van der Waals surface area contributed by atoms with E-state index in [0.29, 0.717) is 24.5 Å². The van der Waals surface area contributed by atoms with Gasteiger partial charge in [0.2, 0.25) is 0 Å². The summed E-state index contributed by atoms with van der Waals surface area (Å²) in [6.45, 7) is 5.15. The normalized spacial score (nSPS) is 18.3. The standard InChI is InChI=1S/C17H23NO5/c1-3-18-16(19)12(2)23-17(20)13-6-8-14(9-7-13)22-11-15-5-4-10-21-15/h6-9,12,15H,3-5,10-11H2,1-2H3,(H,18,19)/t12-,15+/m0/s1. The van der Waals surface area contributed by atoms with E-state index in [-0.39, 0.29) is 12.0 Å². The van der Waals surface area contributed by atoms with Crippen LogP contribution in [0.4, 0.5) is 0 Å². The minimum absolute atomic E-state index is 0.151. The van der Waals surface area contributed by atoms with Crippen molar-refractivity contribution in [2.75, 3.05) is 19.8 Å². The molecule has 6 heteroatoms. The highest BCUT2D eigenvalue weighted by Crippen LogP contribution is 2.17. The number of hydrogen-bond acceptors (Lipinski definition) is 5. The summed E-state index contributed by atoms with van der Waals surface area (Å²) >= 11 is 0. The van der Waals surface area contributed by atoms with Crippen LogP contribution in [0.1, 0.15) is 37.0 Å². The Bertz CT molecular complexity index is 522. The predicted octanol–water partition coefficient (Wildman–Crippen LogP) is 1.93. The topological polar surface area (TPSA) is 73.9 Å². The molecule has 1 amide bonds. The molecule has 1 aromatic rings. The zero-order valence-electron chi connectivity index (χ0n) is 13.5. The highest BCUT2D eigenvalue weighted by atomic mass is 16.5. The minimum Gasteiger partial charge on any atom is -0.491 e. The summed E-state index contributed by atoms with van der Waals surface area (Å²) in [7, 11) is 0. The fraction of sp³-hybridized carbons (Fsp3) is 0.529. The molecule has 0 aromatic heterocycles. The van der Waals surface area contributed by atoms with Crippen LogP contribution in [0.25, 0.3) is 0 Å². The molecule has 1 fully saturated rings. The summed E-state index contributed by atoms with van der Waals surface area (Å²) < 4.78 is 16.2. The third kappa shape index (κ3) is 5.25. The molecule has 2 rings (SSSR count). The number of esters is 1. The van der Waals surface area contributed by atoms with Gasteiger partial charge in [-0.05, 0) is 51.0 Å². The lowest BCUT2D eigenvalue weighted by atomic mass is 10.2. The van der Waals surface area contributed by atoms with Gasteiger partial charge in [0.25, 0.3) is 5.91 Å². The van der Waals surface area contributed by atoms with Gasteiger partial charge in [0.1, 0.15) is 12.4 Å². The van der Waals surface area contributed by atoms with Gasteiger partial charge in [-0.2, -0.15) is 0 Å². The molecule has 2 atom stereocenters. The largest absolute Gasteiger partial charge is 0.491 e. The maximum absolute atomic E-state index is 12.0. The second-order valence-corrected chi connectivity index (χ2v) is 5.41. The van der Waals surface area contributed by atoms with Gasteiger partial charge in [-0.3, -0.25) is 4.79 Å². The van der Waals surface area contributed by atoms with Gasteiger partial charge in [0, 0.05) is 13.2 Å². The van der Waals surface area contributed by atoms with Crippen LogP contribution in [-0.2, 0) is 14.3 Å². The number of nitrogens with one attached hydrogen (secondary N) is 1. The molecule has 1 saturated heterocycles. The lowest BCUT2D eigenvalue weighted by Crippen LogP contribution is -2.35. The van der Waals surface area contributed by atoms with Gasteiger partial charge in [-0.25, -0.2) is 4.79 Å². The van der Waals surface area contributed by atoms with E-state index in [1.165, 1.54) is 0 Å². The number of rotatable bonds is 7. The van der Waals surface area contributed by atoms with Crippen molar-refractivity contribution in [1.29, 1.82) is 0 Å².